The van der Waals surface area contributed by atoms with E-state index in [0.717, 1.165) is 0 Å². The Kier molecular flexibility index (Phi) is 5.89. The summed E-state index contributed by atoms with van der Waals surface area (Å²) in [6.45, 7) is 2.51. The van der Waals surface area contributed by atoms with Crippen LogP contribution < -0.4 is 15.4 Å². The van der Waals surface area contributed by atoms with E-state index < -0.39 is 0 Å². The fraction of sp³-hybridized carbons (Fsp3) is 0.286. The number of carbonyl (C=O) groups excluding carboxylic acids is 1. The van der Waals surface area contributed by atoms with E-state index in [9.17, 15) is 4.79 Å². The first kappa shape index (κ1) is 20.5. The molecule has 3 heterocycles. The van der Waals surface area contributed by atoms with Crippen molar-refractivity contribution in [1.29, 1.82) is 0 Å². The Labute approximate surface area is 179 Å². The van der Waals surface area contributed by atoms with E-state index in [1.54, 1.807) is 56.7 Å². The molecule has 1 amide bonds. The normalized spacial score (nSPS) is 13.7. The SMILES string of the molecule is CN(C)C(=O)c1cccc(Oc2nc(-c3ccc(N)nc3)nc(N3CCOCC3)n2)c1. The molecule has 2 aromatic heterocycles. The molecule has 0 unspecified atom stereocenters. The first-order valence-corrected chi connectivity index (χ1v) is 9.80. The highest BCUT2D eigenvalue weighted by Crippen LogP contribution is 2.25. The van der Waals surface area contributed by atoms with Crippen molar-refractivity contribution in [3.05, 3.63) is 48.2 Å². The number of benzene rings is 1. The monoisotopic (exact) mass is 421 g/mol. The summed E-state index contributed by atoms with van der Waals surface area (Å²) in [5.41, 5.74) is 6.90. The number of nitrogen functional groups attached to an aromatic ring is 1. The van der Waals surface area contributed by atoms with Gasteiger partial charge in [-0.25, -0.2) is 4.98 Å². The van der Waals surface area contributed by atoms with Gasteiger partial charge < -0.3 is 25.0 Å². The lowest BCUT2D eigenvalue weighted by Gasteiger charge is -2.27. The van der Waals surface area contributed by atoms with Crippen molar-refractivity contribution in [3.63, 3.8) is 0 Å². The lowest BCUT2D eigenvalue weighted by Crippen LogP contribution is -2.37. The number of amides is 1. The molecule has 1 aromatic carbocycles. The van der Waals surface area contributed by atoms with Crippen LogP contribution >= 0.6 is 0 Å². The fourth-order valence-electron chi connectivity index (χ4n) is 3.02. The molecule has 3 aromatic rings. The van der Waals surface area contributed by atoms with Crippen molar-refractivity contribution in [2.45, 2.75) is 0 Å². The number of nitrogens with zero attached hydrogens (tertiary/aromatic N) is 6. The van der Waals surface area contributed by atoms with Gasteiger partial charge in [-0.15, -0.1) is 0 Å². The highest BCUT2D eigenvalue weighted by atomic mass is 16.5. The third-order valence-electron chi connectivity index (χ3n) is 4.64. The summed E-state index contributed by atoms with van der Waals surface area (Å²) in [6.07, 6.45) is 1.61. The van der Waals surface area contributed by atoms with Crippen LogP contribution in [0.4, 0.5) is 11.8 Å². The first-order chi connectivity index (χ1) is 15.0. The first-order valence-electron chi connectivity index (χ1n) is 9.80. The molecule has 1 aliphatic rings. The third-order valence-corrected chi connectivity index (χ3v) is 4.64. The molecule has 31 heavy (non-hydrogen) atoms. The summed E-state index contributed by atoms with van der Waals surface area (Å²) in [5.74, 6) is 1.64. The summed E-state index contributed by atoms with van der Waals surface area (Å²) in [5, 5.41) is 0. The number of nitrogens with two attached hydrogens (primary N) is 1. The fourth-order valence-corrected chi connectivity index (χ4v) is 3.02. The predicted molar refractivity (Wildman–Crippen MR) is 115 cm³/mol. The quantitative estimate of drug-likeness (QED) is 0.658. The van der Waals surface area contributed by atoms with Crippen LogP contribution in [0, 0.1) is 0 Å². The molecule has 0 aliphatic carbocycles. The minimum Gasteiger partial charge on any atom is -0.424 e. The topological polar surface area (TPSA) is 120 Å². The Morgan fingerprint density at radius 2 is 1.94 bits per heavy atom. The minimum atomic E-state index is -0.122. The molecule has 0 radical (unpaired) electrons. The molecule has 4 rings (SSSR count). The Bertz CT molecular complexity index is 1070. The van der Waals surface area contributed by atoms with Gasteiger partial charge in [-0.05, 0) is 30.3 Å². The van der Waals surface area contributed by atoms with E-state index in [1.807, 2.05) is 4.90 Å². The van der Waals surface area contributed by atoms with Crippen LogP contribution in [0.3, 0.4) is 0 Å². The van der Waals surface area contributed by atoms with Crippen LogP contribution in [0.5, 0.6) is 11.8 Å². The maximum atomic E-state index is 12.3. The molecule has 1 fully saturated rings. The second-order valence-electron chi connectivity index (χ2n) is 7.14. The van der Waals surface area contributed by atoms with Gasteiger partial charge in [0.1, 0.15) is 11.6 Å². The number of hydrogen-bond donors (Lipinski definition) is 1. The highest BCUT2D eigenvalue weighted by molar-refractivity contribution is 5.94. The number of rotatable bonds is 5. The summed E-state index contributed by atoms with van der Waals surface area (Å²) in [6, 6.07) is 10.5. The third kappa shape index (κ3) is 4.86. The van der Waals surface area contributed by atoms with Crippen molar-refractivity contribution in [3.8, 4) is 23.1 Å². The zero-order valence-corrected chi connectivity index (χ0v) is 17.4. The van der Waals surface area contributed by atoms with Gasteiger partial charge in [-0.3, -0.25) is 4.79 Å². The smallest absolute Gasteiger partial charge is 0.327 e. The molecule has 10 heteroatoms. The predicted octanol–water partition coefficient (Wildman–Crippen LogP) is 1.85. The minimum absolute atomic E-state index is 0.122. The van der Waals surface area contributed by atoms with Gasteiger partial charge in [0.05, 0.1) is 13.2 Å². The zero-order chi connectivity index (χ0) is 21.8. The van der Waals surface area contributed by atoms with Gasteiger partial charge in [0.15, 0.2) is 5.82 Å². The standard InChI is InChI=1S/C21H23N7O3/c1-27(2)19(29)14-4-3-5-16(12-14)31-21-25-18(15-6-7-17(22)23-13-15)24-20(26-21)28-8-10-30-11-9-28/h3-7,12-13H,8-11H2,1-2H3,(H2,22,23). The maximum absolute atomic E-state index is 12.3. The zero-order valence-electron chi connectivity index (χ0n) is 17.4. The average Bonchev–Trinajstić information content (AvgIpc) is 2.79. The van der Waals surface area contributed by atoms with Crippen molar-refractivity contribution >= 4 is 17.7 Å². The van der Waals surface area contributed by atoms with E-state index in [2.05, 4.69) is 19.9 Å². The molecule has 1 saturated heterocycles. The number of pyridine rings is 1. The van der Waals surface area contributed by atoms with Gasteiger partial charge in [0, 0.05) is 44.5 Å². The van der Waals surface area contributed by atoms with E-state index in [0.29, 0.717) is 60.8 Å². The van der Waals surface area contributed by atoms with E-state index in [-0.39, 0.29) is 11.9 Å². The second-order valence-corrected chi connectivity index (χ2v) is 7.14. The largest absolute Gasteiger partial charge is 0.424 e. The van der Waals surface area contributed by atoms with Crippen molar-refractivity contribution in [2.75, 3.05) is 51.0 Å². The molecule has 0 atom stereocenters. The van der Waals surface area contributed by atoms with E-state index in [1.165, 1.54) is 4.90 Å². The van der Waals surface area contributed by atoms with Crippen LogP contribution in [0.15, 0.2) is 42.6 Å². The average molecular weight is 421 g/mol. The summed E-state index contributed by atoms with van der Waals surface area (Å²) in [7, 11) is 3.40. The van der Waals surface area contributed by atoms with E-state index in [4.69, 9.17) is 15.2 Å². The molecule has 1 aliphatic heterocycles. The van der Waals surface area contributed by atoms with Crippen LogP contribution in [-0.2, 0) is 4.74 Å². The molecule has 160 valence electrons. The molecular weight excluding hydrogens is 398 g/mol. The van der Waals surface area contributed by atoms with Gasteiger partial charge in [0.25, 0.3) is 5.91 Å². The second kappa shape index (κ2) is 8.92. The lowest BCUT2D eigenvalue weighted by atomic mass is 10.2. The van der Waals surface area contributed by atoms with Gasteiger partial charge in [-0.1, -0.05) is 6.07 Å². The maximum Gasteiger partial charge on any atom is 0.327 e. The lowest BCUT2D eigenvalue weighted by molar-refractivity contribution is 0.0827. The van der Waals surface area contributed by atoms with Crippen LogP contribution in [0.1, 0.15) is 10.4 Å². The van der Waals surface area contributed by atoms with E-state index >= 15 is 0 Å². The summed E-state index contributed by atoms with van der Waals surface area (Å²) >= 11 is 0. The molecular formula is C21H23N7O3. The number of carbonyl (C=O) groups is 1. The van der Waals surface area contributed by atoms with Crippen LogP contribution in [0.25, 0.3) is 11.4 Å². The molecule has 0 spiro atoms. The number of anilines is 2. The molecule has 2 N–H and O–H groups in total. The van der Waals surface area contributed by atoms with Crippen LogP contribution in [-0.4, -0.2) is 71.1 Å². The number of hydrogen-bond acceptors (Lipinski definition) is 9. The Morgan fingerprint density at radius 3 is 2.65 bits per heavy atom. The molecule has 10 nitrogen and oxygen atoms in total. The number of aromatic nitrogens is 4. The van der Waals surface area contributed by atoms with Crippen molar-refractivity contribution < 1.29 is 14.3 Å². The molecule has 0 bridgehead atoms. The Morgan fingerprint density at radius 1 is 1.13 bits per heavy atom. The summed E-state index contributed by atoms with van der Waals surface area (Å²) in [4.78, 5) is 33.4. The van der Waals surface area contributed by atoms with Crippen molar-refractivity contribution in [1.82, 2.24) is 24.8 Å². The van der Waals surface area contributed by atoms with Crippen molar-refractivity contribution in [2.24, 2.45) is 0 Å². The number of morpholine rings is 1. The number of ether oxygens (including phenoxy) is 2. The Balaban J connectivity index is 1.69. The van der Waals surface area contributed by atoms with Gasteiger partial charge in [0.2, 0.25) is 5.95 Å². The van der Waals surface area contributed by atoms with Gasteiger partial charge in [-0.2, -0.15) is 15.0 Å². The molecule has 0 saturated carbocycles. The van der Waals surface area contributed by atoms with Crippen LogP contribution in [0.2, 0.25) is 0 Å². The highest BCUT2D eigenvalue weighted by Gasteiger charge is 2.19. The summed E-state index contributed by atoms with van der Waals surface area (Å²) < 4.78 is 11.4. The van der Waals surface area contributed by atoms with Gasteiger partial charge >= 0.3 is 6.01 Å². The Hall–Kier alpha value is -3.79.